The second-order valence-electron chi connectivity index (χ2n) is 8.14. The standard InChI is InChI=1S/C18H24Br2N4O4/c1-17(2,3)28-16(26)23-7-5-18(6-8-23)10-24(14(25)12(18)20)15-21-9-11(19)13(22-15)27-4/h9,12H,5-8,10H2,1-4H3. The van der Waals surface area contributed by atoms with E-state index in [9.17, 15) is 9.59 Å². The summed E-state index contributed by atoms with van der Waals surface area (Å²) < 4.78 is 11.3. The maximum Gasteiger partial charge on any atom is 0.410 e. The van der Waals surface area contributed by atoms with Crippen molar-refractivity contribution >= 4 is 49.8 Å². The van der Waals surface area contributed by atoms with Crippen LogP contribution in [0.1, 0.15) is 33.6 Å². The summed E-state index contributed by atoms with van der Waals surface area (Å²) in [6.07, 6.45) is 2.65. The minimum atomic E-state index is -0.526. The van der Waals surface area contributed by atoms with E-state index in [1.807, 2.05) is 20.8 Å². The number of hydrogen-bond donors (Lipinski definition) is 0. The van der Waals surface area contributed by atoms with Crippen molar-refractivity contribution in [2.45, 2.75) is 44.0 Å². The van der Waals surface area contributed by atoms with Crippen LogP contribution in [0.25, 0.3) is 0 Å². The molecule has 1 spiro atoms. The highest BCUT2D eigenvalue weighted by atomic mass is 79.9. The van der Waals surface area contributed by atoms with Crippen LogP contribution in [0.4, 0.5) is 10.7 Å². The lowest BCUT2D eigenvalue weighted by molar-refractivity contribution is -0.117. The second-order valence-corrected chi connectivity index (χ2v) is 9.91. The number of halogens is 2. The highest BCUT2D eigenvalue weighted by molar-refractivity contribution is 9.10. The zero-order chi connectivity index (χ0) is 20.7. The van der Waals surface area contributed by atoms with E-state index in [0.717, 1.165) is 0 Å². The average molecular weight is 520 g/mol. The summed E-state index contributed by atoms with van der Waals surface area (Å²) in [5.74, 6) is 0.626. The fourth-order valence-corrected chi connectivity index (χ4v) is 4.73. The molecule has 2 aliphatic rings. The van der Waals surface area contributed by atoms with Crippen LogP contribution in [0.3, 0.4) is 0 Å². The topological polar surface area (TPSA) is 84.9 Å². The van der Waals surface area contributed by atoms with E-state index < -0.39 is 5.60 Å². The summed E-state index contributed by atoms with van der Waals surface area (Å²) in [6.45, 7) is 7.14. The van der Waals surface area contributed by atoms with Crippen LogP contribution >= 0.6 is 31.9 Å². The molecule has 1 atom stereocenters. The van der Waals surface area contributed by atoms with E-state index in [1.54, 1.807) is 16.0 Å². The van der Waals surface area contributed by atoms with Crippen LogP contribution in [0.15, 0.2) is 10.7 Å². The molecule has 0 radical (unpaired) electrons. The first-order chi connectivity index (χ1) is 13.1. The number of nitrogens with zero attached hydrogens (tertiary/aromatic N) is 4. The van der Waals surface area contributed by atoms with Gasteiger partial charge in [0.2, 0.25) is 17.7 Å². The molecule has 2 amide bonds. The zero-order valence-corrected chi connectivity index (χ0v) is 19.5. The van der Waals surface area contributed by atoms with Gasteiger partial charge in [-0.1, -0.05) is 15.9 Å². The molecule has 2 aliphatic heterocycles. The molecule has 10 heteroatoms. The predicted octanol–water partition coefficient (Wildman–Crippen LogP) is 3.38. The van der Waals surface area contributed by atoms with E-state index in [1.165, 1.54) is 7.11 Å². The van der Waals surface area contributed by atoms with Gasteiger partial charge in [0.1, 0.15) is 10.4 Å². The van der Waals surface area contributed by atoms with E-state index >= 15 is 0 Å². The molecule has 0 aliphatic carbocycles. The van der Waals surface area contributed by atoms with Gasteiger partial charge in [0.25, 0.3) is 0 Å². The summed E-state index contributed by atoms with van der Waals surface area (Å²) in [4.78, 5) is 36.8. The monoisotopic (exact) mass is 518 g/mol. The zero-order valence-electron chi connectivity index (χ0n) is 16.4. The molecular formula is C18H24Br2N4O4. The van der Waals surface area contributed by atoms with E-state index in [-0.39, 0.29) is 22.2 Å². The fourth-order valence-electron chi connectivity index (χ4n) is 3.53. The Morgan fingerprint density at radius 1 is 1.32 bits per heavy atom. The maximum atomic E-state index is 12.9. The molecular weight excluding hydrogens is 496 g/mol. The SMILES string of the molecule is COc1nc(N2CC3(CCN(C(=O)OC(C)(C)C)CC3)C(Br)C2=O)ncc1Br. The van der Waals surface area contributed by atoms with Gasteiger partial charge in [0, 0.05) is 25.0 Å². The normalized spacial score (nSPS) is 21.9. The van der Waals surface area contributed by atoms with Gasteiger partial charge in [-0.25, -0.2) is 9.78 Å². The third kappa shape index (κ3) is 4.12. The Hall–Kier alpha value is -1.42. The Morgan fingerprint density at radius 3 is 2.54 bits per heavy atom. The van der Waals surface area contributed by atoms with Gasteiger partial charge in [0.15, 0.2) is 0 Å². The Kier molecular flexibility index (Phi) is 5.91. The van der Waals surface area contributed by atoms with Crippen molar-refractivity contribution in [3.63, 3.8) is 0 Å². The smallest absolute Gasteiger partial charge is 0.410 e. The third-order valence-electron chi connectivity index (χ3n) is 5.04. The van der Waals surface area contributed by atoms with Crippen LogP contribution in [-0.4, -0.2) is 64.0 Å². The van der Waals surface area contributed by atoms with Crippen molar-refractivity contribution in [2.75, 3.05) is 31.6 Å². The number of rotatable bonds is 2. The molecule has 2 fully saturated rings. The van der Waals surface area contributed by atoms with Crippen LogP contribution in [0.5, 0.6) is 5.88 Å². The third-order valence-corrected chi connectivity index (χ3v) is 6.95. The molecule has 3 heterocycles. The quantitative estimate of drug-likeness (QED) is 0.557. The van der Waals surface area contributed by atoms with Crippen molar-refractivity contribution in [1.29, 1.82) is 0 Å². The highest BCUT2D eigenvalue weighted by Gasteiger charge is 2.53. The number of ether oxygens (including phenoxy) is 2. The predicted molar refractivity (Wildman–Crippen MR) is 111 cm³/mol. The molecule has 0 saturated carbocycles. The summed E-state index contributed by atoms with van der Waals surface area (Å²) in [5.41, 5.74) is -0.804. The summed E-state index contributed by atoms with van der Waals surface area (Å²) in [7, 11) is 1.52. The number of alkyl halides is 1. The molecule has 1 aromatic rings. The minimum Gasteiger partial charge on any atom is -0.480 e. The van der Waals surface area contributed by atoms with Crippen molar-refractivity contribution in [3.05, 3.63) is 10.7 Å². The Balaban J connectivity index is 1.73. The summed E-state index contributed by atoms with van der Waals surface area (Å²) >= 11 is 6.92. The lowest BCUT2D eigenvalue weighted by Gasteiger charge is -2.40. The molecule has 8 nitrogen and oxygen atoms in total. The van der Waals surface area contributed by atoms with Crippen LogP contribution in [-0.2, 0) is 9.53 Å². The number of carbonyl (C=O) groups is 2. The van der Waals surface area contributed by atoms with Gasteiger partial charge in [-0.3, -0.25) is 9.69 Å². The molecule has 154 valence electrons. The van der Waals surface area contributed by atoms with Crippen LogP contribution in [0, 0.1) is 5.41 Å². The Labute approximate surface area is 181 Å². The number of hydrogen-bond acceptors (Lipinski definition) is 6. The van der Waals surface area contributed by atoms with Crippen LogP contribution < -0.4 is 9.64 Å². The first kappa shape index (κ1) is 21.3. The first-order valence-electron chi connectivity index (χ1n) is 9.06. The van der Waals surface area contributed by atoms with Gasteiger partial charge in [-0.15, -0.1) is 0 Å². The number of methoxy groups -OCH3 is 1. The molecule has 0 aromatic carbocycles. The number of piperidine rings is 1. The van der Waals surface area contributed by atoms with Gasteiger partial charge in [0.05, 0.1) is 17.8 Å². The largest absolute Gasteiger partial charge is 0.480 e. The number of carbonyl (C=O) groups excluding carboxylic acids is 2. The van der Waals surface area contributed by atoms with Crippen molar-refractivity contribution in [2.24, 2.45) is 5.41 Å². The lowest BCUT2D eigenvalue weighted by atomic mass is 9.77. The molecule has 28 heavy (non-hydrogen) atoms. The molecule has 2 saturated heterocycles. The molecule has 1 unspecified atom stereocenters. The minimum absolute atomic E-state index is 0.0740. The van der Waals surface area contributed by atoms with Gasteiger partial charge >= 0.3 is 6.09 Å². The summed E-state index contributed by atoms with van der Waals surface area (Å²) in [6, 6.07) is 0. The highest BCUT2D eigenvalue weighted by Crippen LogP contribution is 2.46. The van der Waals surface area contributed by atoms with E-state index in [2.05, 4.69) is 41.8 Å². The second kappa shape index (κ2) is 7.78. The number of aromatic nitrogens is 2. The average Bonchev–Trinajstić information content (AvgIpc) is 2.87. The number of likely N-dealkylation sites (tertiary alicyclic amines) is 1. The molecule has 3 rings (SSSR count). The van der Waals surface area contributed by atoms with E-state index in [0.29, 0.717) is 48.8 Å². The summed E-state index contributed by atoms with van der Waals surface area (Å²) in [5, 5.41) is 0. The molecule has 0 N–H and O–H groups in total. The van der Waals surface area contributed by atoms with Crippen molar-refractivity contribution in [3.8, 4) is 5.88 Å². The Morgan fingerprint density at radius 2 is 1.96 bits per heavy atom. The van der Waals surface area contributed by atoms with E-state index in [4.69, 9.17) is 9.47 Å². The van der Waals surface area contributed by atoms with Gasteiger partial charge in [-0.2, -0.15) is 4.98 Å². The first-order valence-corrected chi connectivity index (χ1v) is 10.8. The number of anilines is 1. The molecule has 1 aromatic heterocycles. The lowest BCUT2D eigenvalue weighted by Crippen LogP contribution is -2.48. The maximum absolute atomic E-state index is 12.9. The Bertz CT molecular complexity index is 775. The fraction of sp³-hybridized carbons (Fsp3) is 0.667. The number of amides is 2. The van der Waals surface area contributed by atoms with Crippen molar-refractivity contribution in [1.82, 2.24) is 14.9 Å². The van der Waals surface area contributed by atoms with Gasteiger partial charge < -0.3 is 14.4 Å². The van der Waals surface area contributed by atoms with Crippen molar-refractivity contribution < 1.29 is 19.1 Å². The van der Waals surface area contributed by atoms with Crippen LogP contribution in [0.2, 0.25) is 0 Å². The van der Waals surface area contributed by atoms with Gasteiger partial charge in [-0.05, 0) is 49.5 Å². The molecule has 0 bridgehead atoms.